The first kappa shape index (κ1) is 11.3. The number of hydrogen-bond acceptors (Lipinski definition) is 2. The van der Waals surface area contributed by atoms with Crippen LogP contribution in [-0.4, -0.2) is 20.5 Å². The number of hydrogen-bond donors (Lipinski definition) is 1. The lowest BCUT2D eigenvalue weighted by atomic mass is 9.74. The molecule has 0 aliphatic heterocycles. The molecule has 1 heterocycles. The molecule has 17 heavy (non-hydrogen) atoms. The van der Waals surface area contributed by atoms with E-state index in [2.05, 4.69) is 5.10 Å². The number of aromatic nitrogens is 2. The maximum atomic E-state index is 10.7. The van der Waals surface area contributed by atoms with E-state index in [1.165, 1.54) is 25.7 Å². The third-order valence-corrected chi connectivity index (χ3v) is 4.43. The first-order valence-electron chi connectivity index (χ1n) is 6.86. The summed E-state index contributed by atoms with van der Waals surface area (Å²) in [5.74, 6) is 1.70. The highest BCUT2D eigenvalue weighted by Gasteiger charge is 2.41. The molecule has 3 heteroatoms. The van der Waals surface area contributed by atoms with Gasteiger partial charge in [-0.25, -0.2) is 0 Å². The molecule has 2 unspecified atom stereocenters. The molecule has 0 spiro atoms. The standard InChI is InChI=1S/C14H22N2O/c1-16-8-6-13(15-16)10-14(17)7-2-3-12(9-14)11-4-5-11/h6,8,11-12,17H,2-5,7,9-10H2,1H3. The molecule has 2 saturated carbocycles. The summed E-state index contributed by atoms with van der Waals surface area (Å²) in [4.78, 5) is 0. The summed E-state index contributed by atoms with van der Waals surface area (Å²) in [6.07, 6.45) is 9.94. The molecule has 1 N–H and O–H groups in total. The lowest BCUT2D eigenvalue weighted by molar-refractivity contribution is -0.0203. The van der Waals surface area contributed by atoms with Crippen molar-refractivity contribution in [3.8, 4) is 0 Å². The van der Waals surface area contributed by atoms with E-state index in [-0.39, 0.29) is 0 Å². The fourth-order valence-electron chi connectivity index (χ4n) is 3.41. The van der Waals surface area contributed by atoms with Crippen LogP contribution in [0.2, 0.25) is 0 Å². The van der Waals surface area contributed by atoms with E-state index in [0.717, 1.165) is 36.8 Å². The molecule has 1 aromatic rings. The van der Waals surface area contributed by atoms with Crippen LogP contribution in [0.1, 0.15) is 44.2 Å². The summed E-state index contributed by atoms with van der Waals surface area (Å²) in [6.45, 7) is 0. The van der Waals surface area contributed by atoms with Gasteiger partial charge in [0.15, 0.2) is 0 Å². The summed E-state index contributed by atoms with van der Waals surface area (Å²) < 4.78 is 1.82. The minimum Gasteiger partial charge on any atom is -0.389 e. The first-order valence-corrected chi connectivity index (χ1v) is 6.86. The lowest BCUT2D eigenvalue weighted by Crippen LogP contribution is -2.38. The summed E-state index contributed by atoms with van der Waals surface area (Å²) in [5.41, 5.74) is 0.547. The fraction of sp³-hybridized carbons (Fsp3) is 0.786. The summed E-state index contributed by atoms with van der Waals surface area (Å²) in [6, 6.07) is 2.03. The second-order valence-electron chi connectivity index (χ2n) is 6.08. The Morgan fingerprint density at radius 3 is 2.88 bits per heavy atom. The number of nitrogens with zero attached hydrogens (tertiary/aromatic N) is 2. The van der Waals surface area contributed by atoms with Crippen molar-refractivity contribution in [3.63, 3.8) is 0 Å². The van der Waals surface area contributed by atoms with Gasteiger partial charge in [0, 0.05) is 19.7 Å². The Hall–Kier alpha value is -0.830. The molecule has 2 atom stereocenters. The Balaban J connectivity index is 1.67. The molecule has 0 aromatic carbocycles. The fourth-order valence-corrected chi connectivity index (χ4v) is 3.41. The van der Waals surface area contributed by atoms with E-state index in [1.807, 2.05) is 24.0 Å². The van der Waals surface area contributed by atoms with Gasteiger partial charge in [0.1, 0.15) is 0 Å². The van der Waals surface area contributed by atoms with Crippen LogP contribution >= 0.6 is 0 Å². The quantitative estimate of drug-likeness (QED) is 0.871. The third kappa shape index (κ3) is 2.54. The second-order valence-corrected chi connectivity index (χ2v) is 6.08. The van der Waals surface area contributed by atoms with E-state index in [1.54, 1.807) is 0 Å². The summed E-state index contributed by atoms with van der Waals surface area (Å²) >= 11 is 0. The van der Waals surface area contributed by atoms with Crippen molar-refractivity contribution in [3.05, 3.63) is 18.0 Å². The van der Waals surface area contributed by atoms with Crippen LogP contribution in [0.15, 0.2) is 12.3 Å². The van der Waals surface area contributed by atoms with Gasteiger partial charge >= 0.3 is 0 Å². The van der Waals surface area contributed by atoms with Crippen LogP contribution in [0, 0.1) is 11.8 Å². The smallest absolute Gasteiger partial charge is 0.0706 e. The molecule has 0 amide bonds. The largest absolute Gasteiger partial charge is 0.389 e. The molecule has 2 aliphatic carbocycles. The number of aryl methyl sites for hydroxylation is 1. The molecule has 0 radical (unpaired) electrons. The summed E-state index contributed by atoms with van der Waals surface area (Å²) in [5, 5.41) is 15.1. The molecule has 3 rings (SSSR count). The minimum atomic E-state index is -0.486. The van der Waals surface area contributed by atoms with Gasteiger partial charge in [-0.3, -0.25) is 4.68 Å². The van der Waals surface area contributed by atoms with Gasteiger partial charge in [-0.2, -0.15) is 5.10 Å². The maximum absolute atomic E-state index is 10.7. The Bertz CT molecular complexity index is 397. The maximum Gasteiger partial charge on any atom is 0.0706 e. The third-order valence-electron chi connectivity index (χ3n) is 4.43. The van der Waals surface area contributed by atoms with Crippen LogP contribution in [0.25, 0.3) is 0 Å². The van der Waals surface area contributed by atoms with Gasteiger partial charge < -0.3 is 5.11 Å². The van der Waals surface area contributed by atoms with Crippen LogP contribution in [0.3, 0.4) is 0 Å². The predicted molar refractivity (Wildman–Crippen MR) is 66.5 cm³/mol. The second kappa shape index (κ2) is 4.13. The number of aliphatic hydroxyl groups is 1. The zero-order valence-corrected chi connectivity index (χ0v) is 10.6. The van der Waals surface area contributed by atoms with E-state index >= 15 is 0 Å². The van der Waals surface area contributed by atoms with Gasteiger partial charge in [0.2, 0.25) is 0 Å². The predicted octanol–water partition coefficient (Wildman–Crippen LogP) is 2.29. The minimum absolute atomic E-state index is 0.486. The molecule has 3 nitrogen and oxygen atoms in total. The average molecular weight is 234 g/mol. The van der Waals surface area contributed by atoms with Gasteiger partial charge in [-0.15, -0.1) is 0 Å². The van der Waals surface area contributed by atoms with Crippen LogP contribution < -0.4 is 0 Å². The first-order chi connectivity index (χ1) is 8.15. The average Bonchev–Trinajstić information content (AvgIpc) is 3.04. The van der Waals surface area contributed by atoms with Crippen molar-refractivity contribution in [1.29, 1.82) is 0 Å². The highest BCUT2D eigenvalue weighted by molar-refractivity contribution is 5.06. The summed E-state index contributed by atoms with van der Waals surface area (Å²) in [7, 11) is 1.93. The van der Waals surface area contributed by atoms with Crippen molar-refractivity contribution in [2.24, 2.45) is 18.9 Å². The van der Waals surface area contributed by atoms with Crippen LogP contribution in [0.5, 0.6) is 0 Å². The van der Waals surface area contributed by atoms with Gasteiger partial charge in [-0.05, 0) is 50.0 Å². The lowest BCUT2D eigenvalue weighted by Gasteiger charge is -2.36. The molecule has 2 fully saturated rings. The van der Waals surface area contributed by atoms with E-state index in [4.69, 9.17) is 0 Å². The molecule has 94 valence electrons. The topological polar surface area (TPSA) is 38.0 Å². The Labute approximate surface area is 103 Å². The Kier molecular flexibility index (Phi) is 2.74. The van der Waals surface area contributed by atoms with Gasteiger partial charge in [-0.1, -0.05) is 6.42 Å². The molecular weight excluding hydrogens is 212 g/mol. The van der Waals surface area contributed by atoms with Crippen LogP contribution in [-0.2, 0) is 13.5 Å². The van der Waals surface area contributed by atoms with Crippen molar-refractivity contribution in [2.75, 3.05) is 0 Å². The normalized spacial score (nSPS) is 33.9. The zero-order chi connectivity index (χ0) is 11.9. The highest BCUT2D eigenvalue weighted by Crippen LogP contribution is 2.47. The van der Waals surface area contributed by atoms with Crippen molar-refractivity contribution >= 4 is 0 Å². The molecule has 0 saturated heterocycles. The zero-order valence-electron chi connectivity index (χ0n) is 10.6. The Morgan fingerprint density at radius 1 is 1.41 bits per heavy atom. The Morgan fingerprint density at radius 2 is 2.24 bits per heavy atom. The molecule has 2 aliphatic rings. The monoisotopic (exact) mass is 234 g/mol. The highest BCUT2D eigenvalue weighted by atomic mass is 16.3. The number of rotatable bonds is 3. The van der Waals surface area contributed by atoms with E-state index < -0.39 is 5.60 Å². The van der Waals surface area contributed by atoms with Crippen molar-refractivity contribution in [1.82, 2.24) is 9.78 Å². The van der Waals surface area contributed by atoms with Crippen molar-refractivity contribution in [2.45, 2.75) is 50.5 Å². The molecule has 1 aromatic heterocycles. The molecule has 0 bridgehead atoms. The van der Waals surface area contributed by atoms with Gasteiger partial charge in [0.05, 0.1) is 11.3 Å². The SMILES string of the molecule is Cn1ccc(CC2(O)CCCC(C3CC3)C2)n1. The van der Waals surface area contributed by atoms with Gasteiger partial charge in [0.25, 0.3) is 0 Å². The van der Waals surface area contributed by atoms with E-state index in [9.17, 15) is 5.11 Å². The molecular formula is C14H22N2O. The van der Waals surface area contributed by atoms with E-state index in [0.29, 0.717) is 0 Å². The van der Waals surface area contributed by atoms with Crippen molar-refractivity contribution < 1.29 is 5.11 Å². The van der Waals surface area contributed by atoms with Crippen LogP contribution in [0.4, 0.5) is 0 Å².